The first kappa shape index (κ1) is 32.8. The molecule has 0 aliphatic rings. The zero-order valence-electron chi connectivity index (χ0n) is 23.1. The molecule has 0 saturated carbocycles. The number of halogens is 3. The minimum Gasteiger partial charge on any atom is -0.464 e. The van der Waals surface area contributed by atoms with Gasteiger partial charge in [-0.2, -0.15) is 13.2 Å². The summed E-state index contributed by atoms with van der Waals surface area (Å²) in [5.74, 6) is -1.96. The van der Waals surface area contributed by atoms with Gasteiger partial charge in [0.1, 0.15) is 5.60 Å². The van der Waals surface area contributed by atoms with Crippen LogP contribution < -0.4 is 5.32 Å². The molecule has 2 rings (SSSR count). The third-order valence-corrected chi connectivity index (χ3v) is 6.87. The number of amides is 1. The van der Waals surface area contributed by atoms with E-state index in [-0.39, 0.29) is 31.0 Å². The molecular weight excluding hydrogens is 551 g/mol. The third-order valence-electron chi connectivity index (χ3n) is 5.49. The number of carbonyl (C=O) groups excluding carboxylic acids is 3. The van der Waals surface area contributed by atoms with E-state index in [2.05, 4.69) is 5.32 Å². The Balaban J connectivity index is 2.21. The SMILES string of the molecule is CCOC(=O)C(CCCc1ccc(S(=O)c2cccc(C(F)(F)F)c2)cc1)(NC(=O)OC(C)(C)C)C(=O)OCC. The molecule has 0 heterocycles. The van der Waals surface area contributed by atoms with E-state index in [0.717, 1.165) is 17.7 Å². The number of alkyl halides is 3. The van der Waals surface area contributed by atoms with Crippen LogP contribution in [0.2, 0.25) is 0 Å². The normalized spacial score (nSPS) is 12.8. The lowest BCUT2D eigenvalue weighted by atomic mass is 9.91. The zero-order valence-corrected chi connectivity index (χ0v) is 23.9. The van der Waals surface area contributed by atoms with Crippen molar-refractivity contribution >= 4 is 28.8 Å². The molecule has 1 amide bonds. The molecule has 8 nitrogen and oxygen atoms in total. The highest BCUT2D eigenvalue weighted by molar-refractivity contribution is 7.85. The van der Waals surface area contributed by atoms with Crippen LogP contribution >= 0.6 is 0 Å². The first-order valence-electron chi connectivity index (χ1n) is 12.7. The lowest BCUT2D eigenvalue weighted by molar-refractivity contribution is -0.166. The van der Waals surface area contributed by atoms with Crippen LogP contribution in [0.4, 0.5) is 18.0 Å². The quantitative estimate of drug-likeness (QED) is 0.208. The topological polar surface area (TPSA) is 108 Å². The Hall–Kier alpha value is -3.41. The van der Waals surface area contributed by atoms with Crippen molar-refractivity contribution < 1.29 is 46.0 Å². The number of esters is 2. The van der Waals surface area contributed by atoms with Gasteiger partial charge < -0.3 is 14.2 Å². The predicted molar refractivity (Wildman–Crippen MR) is 141 cm³/mol. The number of benzene rings is 2. The van der Waals surface area contributed by atoms with Gasteiger partial charge in [-0.15, -0.1) is 0 Å². The van der Waals surface area contributed by atoms with Gasteiger partial charge in [-0.05, 0) is 89.8 Å². The Labute approximate surface area is 234 Å². The summed E-state index contributed by atoms with van der Waals surface area (Å²) in [7, 11) is -1.84. The first-order valence-corrected chi connectivity index (χ1v) is 13.8. The van der Waals surface area contributed by atoms with Crippen LogP contribution in [-0.4, -0.2) is 46.6 Å². The van der Waals surface area contributed by atoms with E-state index >= 15 is 0 Å². The average Bonchev–Trinajstić information content (AvgIpc) is 2.86. The van der Waals surface area contributed by atoms with Gasteiger partial charge in [0.2, 0.25) is 5.54 Å². The predicted octanol–water partition coefficient (Wildman–Crippen LogP) is 5.58. The molecule has 2 aromatic rings. The molecule has 0 spiro atoms. The molecule has 1 unspecified atom stereocenters. The second-order valence-electron chi connectivity index (χ2n) is 9.76. The van der Waals surface area contributed by atoms with Gasteiger partial charge in [0, 0.05) is 9.79 Å². The van der Waals surface area contributed by atoms with Gasteiger partial charge in [-0.25, -0.2) is 18.6 Å². The maximum atomic E-state index is 13.0. The molecule has 0 radical (unpaired) electrons. The molecule has 1 N–H and O–H groups in total. The van der Waals surface area contributed by atoms with Gasteiger partial charge >= 0.3 is 24.2 Å². The molecule has 2 aromatic carbocycles. The Kier molecular flexibility index (Phi) is 11.3. The second-order valence-corrected chi connectivity index (χ2v) is 11.2. The van der Waals surface area contributed by atoms with E-state index in [9.17, 15) is 31.8 Å². The Bertz CT molecular complexity index is 1190. The van der Waals surface area contributed by atoms with Gasteiger partial charge in [0.05, 0.1) is 29.6 Å². The number of nitrogens with one attached hydrogen (secondary N) is 1. The van der Waals surface area contributed by atoms with Crippen molar-refractivity contribution in [3.05, 3.63) is 59.7 Å². The van der Waals surface area contributed by atoms with Crippen LogP contribution in [-0.2, 0) is 47.2 Å². The smallest absolute Gasteiger partial charge is 0.416 e. The summed E-state index contributed by atoms with van der Waals surface area (Å²) in [6.45, 7) is 7.94. The highest BCUT2D eigenvalue weighted by Crippen LogP contribution is 2.31. The number of hydrogen-bond donors (Lipinski definition) is 1. The Morgan fingerprint density at radius 1 is 0.875 bits per heavy atom. The molecule has 0 saturated heterocycles. The van der Waals surface area contributed by atoms with Crippen LogP contribution in [0.15, 0.2) is 58.3 Å². The van der Waals surface area contributed by atoms with E-state index in [4.69, 9.17) is 14.2 Å². The van der Waals surface area contributed by atoms with Crippen molar-refractivity contribution in [1.29, 1.82) is 0 Å². The maximum absolute atomic E-state index is 13.0. The Morgan fingerprint density at radius 2 is 1.45 bits per heavy atom. The van der Waals surface area contributed by atoms with Gasteiger partial charge in [-0.1, -0.05) is 18.2 Å². The summed E-state index contributed by atoms with van der Waals surface area (Å²) < 4.78 is 67.4. The number of aryl methyl sites for hydroxylation is 1. The van der Waals surface area contributed by atoms with Gasteiger partial charge in [-0.3, -0.25) is 5.32 Å². The standard InChI is InChI=1S/C28H34F3NO7S/c1-6-37-23(33)27(24(34)38-7-2,32-25(35)39-26(3,4)5)17-9-10-19-13-15-21(16-14-19)40(36)22-12-8-11-20(18-22)28(29,30)31/h8,11-16,18H,6-7,9-10,17H2,1-5H3,(H,32,35). The van der Waals surface area contributed by atoms with E-state index in [1.807, 2.05) is 0 Å². The lowest BCUT2D eigenvalue weighted by Gasteiger charge is -2.31. The van der Waals surface area contributed by atoms with Crippen LogP contribution in [0.25, 0.3) is 0 Å². The van der Waals surface area contributed by atoms with Gasteiger partial charge in [0.25, 0.3) is 0 Å². The minimum atomic E-state index is -4.55. The van der Waals surface area contributed by atoms with Crippen molar-refractivity contribution in [1.82, 2.24) is 5.32 Å². The largest absolute Gasteiger partial charge is 0.464 e. The number of hydrogen-bond acceptors (Lipinski definition) is 7. The summed E-state index contributed by atoms with van der Waals surface area (Å²) in [6.07, 6.45) is -5.14. The van der Waals surface area contributed by atoms with Gasteiger partial charge in [0.15, 0.2) is 0 Å². The van der Waals surface area contributed by atoms with Crippen molar-refractivity contribution in [2.45, 2.75) is 81.0 Å². The van der Waals surface area contributed by atoms with Crippen molar-refractivity contribution in [2.24, 2.45) is 0 Å². The van der Waals surface area contributed by atoms with E-state index in [1.165, 1.54) is 24.3 Å². The molecule has 0 fully saturated rings. The molecule has 0 aliphatic carbocycles. The fourth-order valence-electron chi connectivity index (χ4n) is 3.70. The highest BCUT2D eigenvalue weighted by Gasteiger charge is 2.50. The molecule has 40 heavy (non-hydrogen) atoms. The fraction of sp³-hybridized carbons (Fsp3) is 0.464. The summed E-state index contributed by atoms with van der Waals surface area (Å²) in [5.41, 5.74) is -3.18. The molecule has 220 valence electrons. The second kappa shape index (κ2) is 13.8. The van der Waals surface area contributed by atoms with Crippen LogP contribution in [0.5, 0.6) is 0 Å². The molecule has 0 aliphatic heterocycles. The molecule has 0 bridgehead atoms. The molecule has 0 aromatic heterocycles. The zero-order chi connectivity index (χ0) is 30.1. The maximum Gasteiger partial charge on any atom is 0.416 e. The molecule has 12 heteroatoms. The highest BCUT2D eigenvalue weighted by atomic mass is 32.2. The number of rotatable bonds is 11. The number of ether oxygens (including phenoxy) is 3. The van der Waals surface area contributed by atoms with Crippen LogP contribution in [0.1, 0.15) is 58.6 Å². The Morgan fingerprint density at radius 3 is 1.95 bits per heavy atom. The molecular formula is C28H34F3NO7S. The average molecular weight is 586 g/mol. The monoisotopic (exact) mass is 585 g/mol. The van der Waals surface area contributed by atoms with E-state index in [0.29, 0.717) is 11.3 Å². The number of alkyl carbamates (subject to hydrolysis) is 1. The van der Waals surface area contributed by atoms with Crippen LogP contribution in [0.3, 0.4) is 0 Å². The lowest BCUT2D eigenvalue weighted by Crippen LogP contribution is -2.62. The summed E-state index contributed by atoms with van der Waals surface area (Å²) in [4.78, 5) is 38.8. The minimum absolute atomic E-state index is 0.0180. The molecule has 1 atom stereocenters. The third kappa shape index (κ3) is 9.07. The summed E-state index contributed by atoms with van der Waals surface area (Å²) >= 11 is 0. The summed E-state index contributed by atoms with van der Waals surface area (Å²) in [6, 6.07) is 10.7. The van der Waals surface area contributed by atoms with E-state index < -0.39 is 51.7 Å². The first-order chi connectivity index (χ1) is 18.6. The number of carbonyl (C=O) groups is 3. The summed E-state index contributed by atoms with van der Waals surface area (Å²) in [5, 5.41) is 2.37. The van der Waals surface area contributed by atoms with Crippen molar-refractivity contribution in [3.8, 4) is 0 Å². The van der Waals surface area contributed by atoms with Crippen LogP contribution in [0, 0.1) is 0 Å². The van der Waals surface area contributed by atoms with Crippen molar-refractivity contribution in [3.63, 3.8) is 0 Å². The van der Waals surface area contributed by atoms with E-state index in [1.54, 1.807) is 46.8 Å². The fourth-order valence-corrected chi connectivity index (χ4v) is 4.79. The van der Waals surface area contributed by atoms with Crippen molar-refractivity contribution in [2.75, 3.05) is 13.2 Å².